The van der Waals surface area contributed by atoms with Gasteiger partial charge < -0.3 is 4.98 Å². The van der Waals surface area contributed by atoms with Gasteiger partial charge in [-0.3, -0.25) is 4.90 Å². The van der Waals surface area contributed by atoms with E-state index in [2.05, 4.69) is 54.9 Å². The number of nitrogens with one attached hydrogen (secondary N) is 1. The van der Waals surface area contributed by atoms with Crippen LogP contribution in [0.2, 0.25) is 0 Å². The number of hydrogen-bond acceptors (Lipinski definition) is 2. The lowest BCUT2D eigenvalue weighted by molar-refractivity contribution is 0.144. The lowest BCUT2D eigenvalue weighted by atomic mass is 10.0. The van der Waals surface area contributed by atoms with Crippen molar-refractivity contribution >= 4 is 17.0 Å². The Morgan fingerprint density at radius 1 is 1.32 bits per heavy atom. The number of aromatic nitrogens is 1. The minimum absolute atomic E-state index is 0.216. The monoisotopic (exact) mass is 293 g/mol. The maximum Gasteiger partial charge on any atom is 0.0992 e. The van der Waals surface area contributed by atoms with Gasteiger partial charge in [-0.2, -0.15) is 5.26 Å². The van der Waals surface area contributed by atoms with Crippen LogP contribution in [-0.2, 0) is 0 Å². The normalized spacial score (nSPS) is 20.0. The molecule has 0 aliphatic carbocycles. The lowest BCUT2D eigenvalue weighted by Crippen LogP contribution is -2.43. The predicted molar refractivity (Wildman–Crippen MR) is 91.5 cm³/mol. The first kappa shape index (κ1) is 14.9. The molecule has 0 unspecified atom stereocenters. The first-order valence-electron chi connectivity index (χ1n) is 7.95. The SMILES string of the molecule is CC(C)(C)N1CCC[C@H]1C=Cc1cc2ccc(C#N)cc2[nH]1. The molecule has 0 radical (unpaired) electrons. The van der Waals surface area contributed by atoms with E-state index in [1.807, 2.05) is 18.2 Å². The van der Waals surface area contributed by atoms with Crippen LogP contribution in [0.15, 0.2) is 30.3 Å². The maximum atomic E-state index is 8.97. The third-order valence-electron chi connectivity index (χ3n) is 4.43. The Morgan fingerprint density at radius 2 is 2.14 bits per heavy atom. The Morgan fingerprint density at radius 3 is 2.86 bits per heavy atom. The highest BCUT2D eigenvalue weighted by Gasteiger charge is 2.31. The van der Waals surface area contributed by atoms with Crippen molar-refractivity contribution in [3.63, 3.8) is 0 Å². The number of benzene rings is 1. The lowest BCUT2D eigenvalue weighted by Gasteiger charge is -2.35. The second-order valence-electron chi connectivity index (χ2n) is 7.07. The third kappa shape index (κ3) is 2.93. The minimum Gasteiger partial charge on any atom is -0.355 e. The molecule has 1 saturated heterocycles. The summed E-state index contributed by atoms with van der Waals surface area (Å²) in [7, 11) is 0. The van der Waals surface area contributed by atoms with E-state index in [0.717, 1.165) is 16.6 Å². The van der Waals surface area contributed by atoms with Crippen molar-refractivity contribution in [2.75, 3.05) is 6.54 Å². The second-order valence-corrected chi connectivity index (χ2v) is 7.07. The number of nitriles is 1. The van der Waals surface area contributed by atoms with Crippen LogP contribution in [0.5, 0.6) is 0 Å². The first-order valence-corrected chi connectivity index (χ1v) is 7.95. The van der Waals surface area contributed by atoms with Crippen molar-refractivity contribution in [2.24, 2.45) is 0 Å². The van der Waals surface area contributed by atoms with Crippen molar-refractivity contribution in [3.05, 3.63) is 41.6 Å². The van der Waals surface area contributed by atoms with Crippen LogP contribution >= 0.6 is 0 Å². The molecule has 0 spiro atoms. The van der Waals surface area contributed by atoms with Gasteiger partial charge in [0.1, 0.15) is 0 Å². The molecule has 3 nitrogen and oxygen atoms in total. The molecule has 1 aromatic heterocycles. The van der Waals surface area contributed by atoms with E-state index in [9.17, 15) is 0 Å². The number of rotatable bonds is 2. The highest BCUT2D eigenvalue weighted by Crippen LogP contribution is 2.27. The zero-order valence-electron chi connectivity index (χ0n) is 13.6. The van der Waals surface area contributed by atoms with Gasteiger partial charge in [0.25, 0.3) is 0 Å². The van der Waals surface area contributed by atoms with Gasteiger partial charge in [0.2, 0.25) is 0 Å². The summed E-state index contributed by atoms with van der Waals surface area (Å²) in [4.78, 5) is 5.96. The average molecular weight is 293 g/mol. The van der Waals surface area contributed by atoms with E-state index in [1.165, 1.54) is 19.4 Å². The Labute approximate surface area is 132 Å². The van der Waals surface area contributed by atoms with Crippen LogP contribution in [0.3, 0.4) is 0 Å². The van der Waals surface area contributed by atoms with Crippen LogP contribution in [0.25, 0.3) is 17.0 Å². The molecule has 3 rings (SSSR count). The van der Waals surface area contributed by atoms with Crippen LogP contribution < -0.4 is 0 Å². The summed E-state index contributed by atoms with van der Waals surface area (Å²) in [5.74, 6) is 0. The molecular weight excluding hydrogens is 270 g/mol. The van der Waals surface area contributed by atoms with Gasteiger partial charge in [0, 0.05) is 28.2 Å². The number of fused-ring (bicyclic) bond motifs is 1. The fourth-order valence-electron chi connectivity index (χ4n) is 3.35. The number of nitrogens with zero attached hydrogens (tertiary/aromatic N) is 2. The van der Waals surface area contributed by atoms with Crippen molar-refractivity contribution in [1.29, 1.82) is 5.26 Å². The summed E-state index contributed by atoms with van der Waals surface area (Å²) < 4.78 is 0. The first-order chi connectivity index (χ1) is 10.5. The van der Waals surface area contributed by atoms with Gasteiger partial charge in [-0.05, 0) is 64.4 Å². The van der Waals surface area contributed by atoms with Crippen molar-refractivity contribution in [2.45, 2.75) is 45.2 Å². The molecule has 3 heteroatoms. The van der Waals surface area contributed by atoms with Crippen molar-refractivity contribution in [1.82, 2.24) is 9.88 Å². The number of H-pyrrole nitrogens is 1. The molecule has 2 aromatic rings. The quantitative estimate of drug-likeness (QED) is 0.896. The van der Waals surface area contributed by atoms with E-state index in [-0.39, 0.29) is 5.54 Å². The second kappa shape index (κ2) is 5.62. The third-order valence-corrected chi connectivity index (χ3v) is 4.43. The van der Waals surface area contributed by atoms with E-state index >= 15 is 0 Å². The summed E-state index contributed by atoms with van der Waals surface area (Å²) in [5, 5.41) is 10.1. The fourth-order valence-corrected chi connectivity index (χ4v) is 3.35. The van der Waals surface area contributed by atoms with Gasteiger partial charge in [0.15, 0.2) is 0 Å². The summed E-state index contributed by atoms with van der Waals surface area (Å²) in [6.07, 6.45) is 6.99. The zero-order chi connectivity index (χ0) is 15.7. The van der Waals surface area contributed by atoms with Crippen LogP contribution in [0.4, 0.5) is 0 Å². The van der Waals surface area contributed by atoms with E-state index in [1.54, 1.807) is 0 Å². The molecule has 0 saturated carbocycles. The average Bonchev–Trinajstić information content (AvgIpc) is 3.09. The molecule has 1 aliphatic heterocycles. The predicted octanol–water partition coefficient (Wildman–Crippen LogP) is 4.32. The molecule has 0 amide bonds. The molecule has 1 N–H and O–H groups in total. The standard InChI is InChI=1S/C19H23N3/c1-19(2,3)22-10-4-5-17(22)9-8-16-12-15-7-6-14(13-20)11-18(15)21-16/h6-9,11-12,17,21H,4-5,10H2,1-3H3/t17-/m0/s1. The maximum absolute atomic E-state index is 8.97. The molecule has 2 heterocycles. The van der Waals surface area contributed by atoms with Crippen molar-refractivity contribution in [3.8, 4) is 6.07 Å². The molecule has 114 valence electrons. The Hall–Kier alpha value is -2.05. The van der Waals surface area contributed by atoms with Gasteiger partial charge in [-0.25, -0.2) is 0 Å². The van der Waals surface area contributed by atoms with E-state index in [0.29, 0.717) is 11.6 Å². The highest BCUT2D eigenvalue weighted by atomic mass is 15.2. The Bertz CT molecular complexity index is 740. The molecule has 1 atom stereocenters. The van der Waals surface area contributed by atoms with Gasteiger partial charge in [-0.15, -0.1) is 0 Å². The van der Waals surface area contributed by atoms with E-state index < -0.39 is 0 Å². The largest absolute Gasteiger partial charge is 0.355 e. The van der Waals surface area contributed by atoms with Gasteiger partial charge >= 0.3 is 0 Å². The van der Waals surface area contributed by atoms with E-state index in [4.69, 9.17) is 5.26 Å². The molecule has 1 fully saturated rings. The molecule has 0 bridgehead atoms. The van der Waals surface area contributed by atoms with Crippen molar-refractivity contribution < 1.29 is 0 Å². The summed E-state index contributed by atoms with van der Waals surface area (Å²) in [6, 6.07) is 10.6. The fraction of sp³-hybridized carbons (Fsp3) is 0.421. The number of aromatic amines is 1. The topological polar surface area (TPSA) is 42.8 Å². The number of likely N-dealkylation sites (tertiary alicyclic amines) is 1. The summed E-state index contributed by atoms with van der Waals surface area (Å²) in [6.45, 7) is 8.03. The van der Waals surface area contributed by atoms with Crippen LogP contribution in [-0.4, -0.2) is 28.0 Å². The molecule has 1 aliphatic rings. The Kier molecular flexibility index (Phi) is 3.80. The van der Waals surface area contributed by atoms with Crippen LogP contribution in [0, 0.1) is 11.3 Å². The molecule has 1 aromatic carbocycles. The summed E-state index contributed by atoms with van der Waals surface area (Å²) in [5.41, 5.74) is 3.04. The zero-order valence-corrected chi connectivity index (χ0v) is 13.6. The minimum atomic E-state index is 0.216. The number of hydrogen-bond donors (Lipinski definition) is 1. The van der Waals surface area contributed by atoms with Gasteiger partial charge in [0.05, 0.1) is 11.6 Å². The van der Waals surface area contributed by atoms with Gasteiger partial charge in [-0.1, -0.05) is 12.1 Å². The summed E-state index contributed by atoms with van der Waals surface area (Å²) >= 11 is 0. The van der Waals surface area contributed by atoms with Crippen LogP contribution in [0.1, 0.15) is 44.9 Å². The molecular formula is C19H23N3. The highest BCUT2D eigenvalue weighted by molar-refractivity contribution is 5.83. The Balaban J connectivity index is 1.82. The smallest absolute Gasteiger partial charge is 0.0992 e. The molecule has 22 heavy (non-hydrogen) atoms.